The van der Waals surface area contributed by atoms with Crippen LogP contribution in [-0.4, -0.2) is 18.5 Å². The lowest BCUT2D eigenvalue weighted by Crippen LogP contribution is -2.05. The molecule has 0 spiro atoms. The van der Waals surface area contributed by atoms with Gasteiger partial charge in [0.15, 0.2) is 0 Å². The van der Waals surface area contributed by atoms with Crippen molar-refractivity contribution in [3.8, 4) is 0 Å². The zero-order valence-electron chi connectivity index (χ0n) is 10.9. The van der Waals surface area contributed by atoms with E-state index in [0.29, 0.717) is 0 Å². The summed E-state index contributed by atoms with van der Waals surface area (Å²) < 4.78 is 0. The van der Waals surface area contributed by atoms with Crippen LogP contribution in [0.25, 0.3) is 6.08 Å². The molecule has 0 aliphatic rings. The molecule has 0 aliphatic heterocycles. The number of hydrogen-bond acceptors (Lipinski definition) is 0. The van der Waals surface area contributed by atoms with Gasteiger partial charge in [0, 0.05) is 7.26 Å². The van der Waals surface area contributed by atoms with E-state index >= 15 is 0 Å². The van der Waals surface area contributed by atoms with Gasteiger partial charge in [-0.25, -0.2) is 0 Å². The SMILES string of the molecule is C=Cc1ccc(C[P+](CC)(CC)CC)cc1. The summed E-state index contributed by atoms with van der Waals surface area (Å²) in [6, 6.07) is 8.90. The van der Waals surface area contributed by atoms with E-state index in [1.165, 1.54) is 35.8 Å². The van der Waals surface area contributed by atoms with Crippen molar-refractivity contribution >= 4 is 13.3 Å². The average Bonchev–Trinajstić information content (AvgIpc) is 2.37. The van der Waals surface area contributed by atoms with Crippen LogP contribution in [0.4, 0.5) is 0 Å². The van der Waals surface area contributed by atoms with E-state index in [9.17, 15) is 0 Å². The van der Waals surface area contributed by atoms with E-state index in [2.05, 4.69) is 51.6 Å². The van der Waals surface area contributed by atoms with E-state index in [0.717, 1.165) is 0 Å². The molecule has 0 heterocycles. The molecule has 0 fully saturated rings. The van der Waals surface area contributed by atoms with Gasteiger partial charge < -0.3 is 0 Å². The first kappa shape index (κ1) is 13.5. The van der Waals surface area contributed by atoms with Gasteiger partial charge in [-0.1, -0.05) is 36.9 Å². The maximum absolute atomic E-state index is 3.79. The second kappa shape index (κ2) is 6.21. The van der Waals surface area contributed by atoms with Crippen molar-refractivity contribution in [3.05, 3.63) is 42.0 Å². The molecule has 1 aromatic rings. The summed E-state index contributed by atoms with van der Waals surface area (Å²) in [5.41, 5.74) is 2.72. The Hall–Kier alpha value is -0.610. The van der Waals surface area contributed by atoms with Crippen LogP contribution in [0.2, 0.25) is 0 Å². The summed E-state index contributed by atoms with van der Waals surface area (Å²) in [6.45, 7) is 10.9. The summed E-state index contributed by atoms with van der Waals surface area (Å²) >= 11 is 0. The van der Waals surface area contributed by atoms with Crippen molar-refractivity contribution in [1.82, 2.24) is 0 Å². The summed E-state index contributed by atoms with van der Waals surface area (Å²) in [4.78, 5) is 0. The van der Waals surface area contributed by atoms with Crippen molar-refractivity contribution in [2.75, 3.05) is 18.5 Å². The molecule has 0 saturated carbocycles. The van der Waals surface area contributed by atoms with Crippen LogP contribution in [-0.2, 0) is 6.16 Å². The molecule has 0 radical (unpaired) electrons. The van der Waals surface area contributed by atoms with Crippen LogP contribution in [0.3, 0.4) is 0 Å². The molecule has 0 nitrogen and oxygen atoms in total. The van der Waals surface area contributed by atoms with Gasteiger partial charge in [-0.05, 0) is 31.9 Å². The summed E-state index contributed by atoms with van der Waals surface area (Å²) in [5.74, 6) is 0. The minimum Gasteiger partial charge on any atom is -0.0985 e. The first-order valence-electron chi connectivity index (χ1n) is 6.26. The Kier molecular flexibility index (Phi) is 5.22. The largest absolute Gasteiger partial charge is 0.0985 e. The average molecular weight is 235 g/mol. The predicted octanol–water partition coefficient (Wildman–Crippen LogP) is 4.91. The fourth-order valence-electron chi connectivity index (χ4n) is 2.15. The molecule has 1 heteroatoms. The smallest absolute Gasteiger partial charge is 0.0842 e. The molecule has 1 aromatic carbocycles. The van der Waals surface area contributed by atoms with Gasteiger partial charge in [0.05, 0.1) is 24.6 Å². The van der Waals surface area contributed by atoms with Crippen LogP contribution in [0.1, 0.15) is 31.9 Å². The van der Waals surface area contributed by atoms with Gasteiger partial charge in [-0.15, -0.1) is 0 Å². The first-order chi connectivity index (χ1) is 7.69. The topological polar surface area (TPSA) is 0 Å². The highest BCUT2D eigenvalue weighted by Gasteiger charge is 2.30. The van der Waals surface area contributed by atoms with Crippen LogP contribution in [0.5, 0.6) is 0 Å². The fraction of sp³-hybridized carbons (Fsp3) is 0.467. The zero-order valence-corrected chi connectivity index (χ0v) is 11.8. The van der Waals surface area contributed by atoms with Crippen molar-refractivity contribution < 1.29 is 0 Å². The minimum absolute atomic E-state index is 0.710. The monoisotopic (exact) mass is 235 g/mol. The highest BCUT2D eigenvalue weighted by Crippen LogP contribution is 2.60. The quantitative estimate of drug-likeness (QED) is 0.615. The van der Waals surface area contributed by atoms with Gasteiger partial charge in [0.1, 0.15) is 0 Å². The maximum Gasteiger partial charge on any atom is 0.0842 e. The highest BCUT2D eigenvalue weighted by molar-refractivity contribution is 7.75. The van der Waals surface area contributed by atoms with Crippen molar-refractivity contribution in [3.63, 3.8) is 0 Å². The Morgan fingerprint density at radius 2 is 1.50 bits per heavy atom. The van der Waals surface area contributed by atoms with Gasteiger partial charge in [0.25, 0.3) is 0 Å². The molecular weight excluding hydrogens is 211 g/mol. The molecule has 1 rings (SSSR count). The van der Waals surface area contributed by atoms with Crippen LogP contribution in [0, 0.1) is 0 Å². The standard InChI is InChI=1S/C15H24P/c1-5-14-9-11-15(12-10-14)13-16(6-2,7-3)8-4/h5,9-12H,1,6-8,13H2,2-4H3/q+1. The number of benzene rings is 1. The Balaban J connectivity index is 2.81. The zero-order chi connectivity index (χ0) is 12.0. The Morgan fingerprint density at radius 1 is 1.00 bits per heavy atom. The molecule has 0 bridgehead atoms. The van der Waals surface area contributed by atoms with E-state index in [1.54, 1.807) is 0 Å². The first-order valence-corrected chi connectivity index (χ1v) is 8.79. The molecule has 0 saturated heterocycles. The Morgan fingerprint density at radius 3 is 1.88 bits per heavy atom. The maximum atomic E-state index is 3.79. The fourth-order valence-corrected chi connectivity index (χ4v) is 5.15. The predicted molar refractivity (Wildman–Crippen MR) is 78.8 cm³/mol. The summed E-state index contributed by atoms with van der Waals surface area (Å²) in [7, 11) is -0.710. The third-order valence-electron chi connectivity index (χ3n) is 3.75. The van der Waals surface area contributed by atoms with Gasteiger partial charge in [-0.3, -0.25) is 0 Å². The van der Waals surface area contributed by atoms with Crippen molar-refractivity contribution in [2.24, 2.45) is 0 Å². The van der Waals surface area contributed by atoms with Gasteiger partial charge in [-0.2, -0.15) is 0 Å². The number of hydrogen-bond donors (Lipinski definition) is 0. The van der Waals surface area contributed by atoms with Gasteiger partial charge >= 0.3 is 0 Å². The van der Waals surface area contributed by atoms with Crippen molar-refractivity contribution in [1.29, 1.82) is 0 Å². The third kappa shape index (κ3) is 3.19. The lowest BCUT2D eigenvalue weighted by Gasteiger charge is -2.23. The lowest BCUT2D eigenvalue weighted by atomic mass is 10.1. The molecule has 0 amide bonds. The molecule has 88 valence electrons. The minimum atomic E-state index is -0.710. The van der Waals surface area contributed by atoms with E-state index < -0.39 is 7.26 Å². The second-order valence-corrected chi connectivity index (χ2v) is 9.29. The normalized spacial score (nSPS) is 11.4. The molecule has 0 N–H and O–H groups in total. The Bertz CT molecular complexity index is 312. The molecule has 0 aromatic heterocycles. The van der Waals surface area contributed by atoms with Crippen molar-refractivity contribution in [2.45, 2.75) is 26.9 Å². The molecule has 0 unspecified atom stereocenters. The summed E-state index contributed by atoms with van der Waals surface area (Å²) in [6.07, 6.45) is 7.36. The lowest BCUT2D eigenvalue weighted by molar-refractivity contribution is 1.22. The van der Waals surface area contributed by atoms with E-state index in [1.807, 2.05) is 6.08 Å². The molecule has 0 atom stereocenters. The molecule has 0 aliphatic carbocycles. The van der Waals surface area contributed by atoms with E-state index in [-0.39, 0.29) is 0 Å². The third-order valence-corrected chi connectivity index (χ3v) is 8.81. The van der Waals surface area contributed by atoms with Gasteiger partial charge in [0.2, 0.25) is 0 Å². The second-order valence-electron chi connectivity index (χ2n) is 4.39. The number of rotatable bonds is 6. The molecular formula is C15H24P+. The van der Waals surface area contributed by atoms with Crippen LogP contribution < -0.4 is 0 Å². The highest BCUT2D eigenvalue weighted by atomic mass is 31.2. The van der Waals surface area contributed by atoms with E-state index in [4.69, 9.17) is 0 Å². The Labute approximate surface area is 101 Å². The van der Waals surface area contributed by atoms with Crippen LogP contribution in [0.15, 0.2) is 30.8 Å². The van der Waals surface area contributed by atoms with Crippen LogP contribution >= 0.6 is 7.26 Å². The molecule has 16 heavy (non-hydrogen) atoms. The summed E-state index contributed by atoms with van der Waals surface area (Å²) in [5, 5.41) is 0.